The number of aromatic nitrogens is 1. The molecule has 12 atom stereocenters. The molecule has 0 saturated heterocycles. The van der Waals surface area contributed by atoms with Crippen LogP contribution in [-0.2, 0) is 54.4 Å². The third-order valence-corrected chi connectivity index (χ3v) is 16.5. The number of nitrogens with two attached hydrogens (primary N) is 11. The molecule has 1 aromatic heterocycles. The van der Waals surface area contributed by atoms with Crippen molar-refractivity contribution in [3.63, 3.8) is 0 Å². The molecule has 566 valence electrons. The molecule has 0 saturated carbocycles. The van der Waals surface area contributed by atoms with Gasteiger partial charge in [-0.25, -0.2) is 4.79 Å². The number of H-pyrrole nitrogens is 1. The van der Waals surface area contributed by atoms with Crippen LogP contribution in [0.15, 0.2) is 55.4 Å². The summed E-state index contributed by atoms with van der Waals surface area (Å²) in [6.07, 6.45) is 2.71. The van der Waals surface area contributed by atoms with Gasteiger partial charge in [-0.1, -0.05) is 86.4 Å². The van der Waals surface area contributed by atoms with Crippen LogP contribution in [0.3, 0.4) is 0 Å². The first kappa shape index (κ1) is 86.9. The monoisotopic (exact) mass is 1420 g/mol. The Hall–Kier alpha value is -10.2. The van der Waals surface area contributed by atoms with Crippen LogP contribution in [0.4, 0.5) is 0 Å². The number of aromatic amines is 1. The normalized spacial score (nSPS) is 14.7. The first-order valence-corrected chi connectivity index (χ1v) is 34.1. The lowest BCUT2D eigenvalue weighted by Crippen LogP contribution is -2.61. The maximum Gasteiger partial charge on any atom is 0.326 e. The lowest BCUT2D eigenvalue weighted by Gasteiger charge is -2.30. The Kier molecular flexibility index (Phi) is 39.1. The van der Waals surface area contributed by atoms with E-state index in [1.54, 1.807) is 72.0 Å². The lowest BCUT2D eigenvalue weighted by molar-refractivity contribution is -0.144. The second-order valence-corrected chi connectivity index (χ2v) is 25.7. The SMILES string of the molecule is CC[C@H](C)[C@H](NC(=O)[C@H](CCCN=C(N)N)NC(=O)[C@H](CC(C)C)NC(=O)[C@@H](N)CCCN=C(N)N)C(=O)N[C@@H](Cc1c[nH]c2ccccc12)C(=O)N[C@@H](CCCN=C(N)N)C(=O)N[C@@H](CCCN=C(N)N)C(=O)N[C@@H](CCCN=C(N)N)C(=O)N[C@H](C(=O)N[C@H](C(=O)O)C(C)C)[C@@H](C)CC. The van der Waals surface area contributed by atoms with Gasteiger partial charge in [0.15, 0.2) is 29.8 Å². The standard InChI is InChI=1S/C64H114N26O11/c1-9-35(7)48(89-54(95)44(24-17-29-80-64(74)75)85-55(96)45(30-33(3)4)86-50(91)39(65)19-13-25-76-60(66)67)57(98)87-46(31-37-32-81-40-20-12-11-18-38(37)40)56(97)84-42(22-15-27-78-62(70)71)52(93)82-41(21-14-26-77-61(68)69)51(92)83-43(23-16-28-79-63(72)73)53(94)90-49(36(8)10-2)58(99)88-47(34(5)6)59(100)101/h11-12,18,20,32-36,39,41-49,81H,9-10,13-17,19,21-31,65H2,1-8H3,(H,82,93)(H,83,92)(H,84,97)(H,85,96)(H,86,91)(H,87,98)(H,88,99)(H,89,95)(H,90,94)(H,100,101)(H4,66,67,76)(H4,68,69,77)(H4,70,71,78)(H4,72,73,79)(H4,74,75,80)/t35-,36-,39-,41-,42-,43-,44-,45-,46-,47-,48-,49-/m0/s1. The Morgan fingerprint density at radius 3 is 1.09 bits per heavy atom. The summed E-state index contributed by atoms with van der Waals surface area (Å²) in [6.45, 7) is 14.0. The van der Waals surface area contributed by atoms with Gasteiger partial charge in [0.05, 0.1) is 6.04 Å². The van der Waals surface area contributed by atoms with Crippen LogP contribution in [0.25, 0.3) is 10.9 Å². The van der Waals surface area contributed by atoms with E-state index >= 15 is 9.59 Å². The molecule has 0 radical (unpaired) electrons. The highest BCUT2D eigenvalue weighted by Crippen LogP contribution is 2.21. The minimum absolute atomic E-state index is 0.00863. The van der Waals surface area contributed by atoms with Gasteiger partial charge < -0.3 is 121 Å². The van der Waals surface area contributed by atoms with E-state index in [4.69, 9.17) is 63.1 Å². The summed E-state index contributed by atoms with van der Waals surface area (Å²) in [5.41, 5.74) is 63.3. The number of carboxylic acid groups (broad SMARTS) is 1. The Morgan fingerprint density at radius 2 is 0.733 bits per heavy atom. The van der Waals surface area contributed by atoms with Gasteiger partial charge in [0, 0.05) is 56.2 Å². The predicted molar refractivity (Wildman–Crippen MR) is 388 cm³/mol. The highest BCUT2D eigenvalue weighted by Gasteiger charge is 2.38. The maximum absolute atomic E-state index is 15.2. The summed E-state index contributed by atoms with van der Waals surface area (Å²) in [5, 5.41) is 35.1. The molecule has 1 heterocycles. The zero-order chi connectivity index (χ0) is 76.1. The molecule has 37 heteroatoms. The van der Waals surface area contributed by atoms with E-state index in [9.17, 15) is 43.5 Å². The average molecular weight is 1420 g/mol. The smallest absolute Gasteiger partial charge is 0.326 e. The third-order valence-electron chi connectivity index (χ3n) is 16.5. The van der Waals surface area contributed by atoms with Crippen molar-refractivity contribution in [2.45, 2.75) is 206 Å². The summed E-state index contributed by atoms with van der Waals surface area (Å²) >= 11 is 0. The first-order chi connectivity index (χ1) is 47.6. The molecule has 37 nitrogen and oxygen atoms in total. The molecule has 2 rings (SSSR count). The number of guanidine groups is 5. The Balaban J connectivity index is 2.77. The number of para-hydroxylation sites is 1. The molecule has 1 aromatic carbocycles. The fraction of sp³-hybridized carbons (Fsp3) is 0.641. The van der Waals surface area contributed by atoms with E-state index in [1.165, 1.54) is 0 Å². The van der Waals surface area contributed by atoms with E-state index in [-0.39, 0.29) is 139 Å². The number of aliphatic carboxylic acids is 1. The molecule has 0 spiro atoms. The van der Waals surface area contributed by atoms with Crippen molar-refractivity contribution < 1.29 is 53.1 Å². The number of benzene rings is 1. The number of fused-ring (bicyclic) bond motifs is 1. The summed E-state index contributed by atoms with van der Waals surface area (Å²) < 4.78 is 0. The molecular weight excluding hydrogens is 1310 g/mol. The van der Waals surface area contributed by atoms with Crippen molar-refractivity contribution in [3.8, 4) is 0 Å². The van der Waals surface area contributed by atoms with E-state index in [0.717, 1.165) is 0 Å². The van der Waals surface area contributed by atoms with Crippen molar-refractivity contribution >= 4 is 99.8 Å². The Bertz CT molecular complexity index is 3170. The lowest BCUT2D eigenvalue weighted by atomic mass is 9.96. The molecular formula is C64H114N26O11. The van der Waals surface area contributed by atoms with Gasteiger partial charge in [-0.05, 0) is 106 Å². The van der Waals surface area contributed by atoms with Gasteiger partial charge in [-0.3, -0.25) is 68.1 Å². The number of amides is 9. The molecule has 0 fully saturated rings. The molecule has 0 bridgehead atoms. The largest absolute Gasteiger partial charge is 0.480 e. The quantitative estimate of drug-likeness (QED) is 0.0169. The summed E-state index contributed by atoms with van der Waals surface area (Å²) in [6, 6.07) is -6.27. The second-order valence-electron chi connectivity index (χ2n) is 25.7. The van der Waals surface area contributed by atoms with Crippen LogP contribution >= 0.6 is 0 Å². The fourth-order valence-electron chi connectivity index (χ4n) is 10.5. The van der Waals surface area contributed by atoms with Crippen LogP contribution in [-0.4, -0.2) is 192 Å². The molecule has 33 N–H and O–H groups in total. The average Bonchev–Trinajstić information content (AvgIpc) is 1.76. The summed E-state index contributed by atoms with van der Waals surface area (Å²) in [5.74, 6) is -11.6. The summed E-state index contributed by atoms with van der Waals surface area (Å²) in [7, 11) is 0. The zero-order valence-electron chi connectivity index (χ0n) is 59.5. The molecule has 0 aliphatic rings. The van der Waals surface area contributed by atoms with E-state index in [1.807, 2.05) is 13.8 Å². The van der Waals surface area contributed by atoms with Crippen LogP contribution in [0.5, 0.6) is 0 Å². The second kappa shape index (κ2) is 45.4. The molecule has 101 heavy (non-hydrogen) atoms. The van der Waals surface area contributed by atoms with Crippen LogP contribution in [0, 0.1) is 23.7 Å². The highest BCUT2D eigenvalue weighted by molar-refractivity contribution is 5.99. The van der Waals surface area contributed by atoms with Crippen LogP contribution in [0.2, 0.25) is 0 Å². The van der Waals surface area contributed by atoms with Gasteiger partial charge in [0.1, 0.15) is 54.4 Å². The zero-order valence-corrected chi connectivity index (χ0v) is 59.5. The van der Waals surface area contributed by atoms with Gasteiger partial charge >= 0.3 is 5.97 Å². The number of rotatable bonds is 48. The highest BCUT2D eigenvalue weighted by atomic mass is 16.4. The minimum Gasteiger partial charge on any atom is -0.480 e. The molecule has 0 aliphatic carbocycles. The molecule has 0 unspecified atom stereocenters. The third kappa shape index (κ3) is 33.0. The van der Waals surface area contributed by atoms with Crippen molar-refractivity contribution in [1.29, 1.82) is 0 Å². The van der Waals surface area contributed by atoms with Gasteiger partial charge in [0.2, 0.25) is 53.2 Å². The molecule has 2 aromatic rings. The number of hydrogen-bond donors (Lipinski definition) is 22. The number of carbonyl (C=O) groups excluding carboxylic acids is 9. The number of hydrogen-bond acceptors (Lipinski definition) is 16. The van der Waals surface area contributed by atoms with Crippen molar-refractivity contribution in [2.24, 2.45) is 112 Å². The van der Waals surface area contributed by atoms with Crippen molar-refractivity contribution in [1.82, 2.24) is 52.8 Å². The molecule has 0 aliphatic heterocycles. The van der Waals surface area contributed by atoms with Crippen LogP contribution < -0.4 is 111 Å². The Labute approximate surface area is 589 Å². The fourth-order valence-corrected chi connectivity index (χ4v) is 10.5. The van der Waals surface area contributed by atoms with Gasteiger partial charge in [0.25, 0.3) is 0 Å². The molecule has 9 amide bonds. The van der Waals surface area contributed by atoms with Gasteiger partial charge in [-0.2, -0.15) is 0 Å². The number of nitrogens with one attached hydrogen (secondary N) is 10. The Morgan fingerprint density at radius 1 is 0.416 bits per heavy atom. The minimum atomic E-state index is -1.51. The van der Waals surface area contributed by atoms with E-state index < -0.39 is 137 Å². The number of carboxylic acids is 1. The van der Waals surface area contributed by atoms with E-state index in [2.05, 4.69) is 77.8 Å². The van der Waals surface area contributed by atoms with Crippen LogP contribution in [0.1, 0.15) is 144 Å². The number of nitrogens with zero attached hydrogens (tertiary/aromatic N) is 5. The van der Waals surface area contributed by atoms with Gasteiger partial charge in [-0.15, -0.1) is 0 Å². The maximum atomic E-state index is 15.2. The first-order valence-electron chi connectivity index (χ1n) is 34.1. The summed E-state index contributed by atoms with van der Waals surface area (Å²) in [4.78, 5) is 166. The van der Waals surface area contributed by atoms with Crippen molar-refractivity contribution in [2.75, 3.05) is 32.7 Å². The number of carbonyl (C=O) groups is 10. The predicted octanol–water partition coefficient (Wildman–Crippen LogP) is -4.45. The van der Waals surface area contributed by atoms with Crippen molar-refractivity contribution in [3.05, 3.63) is 36.0 Å². The number of aliphatic imine (C=N–C) groups is 5. The van der Waals surface area contributed by atoms with E-state index in [0.29, 0.717) is 35.7 Å². The topological polar surface area (TPSA) is 663 Å².